The summed E-state index contributed by atoms with van der Waals surface area (Å²) in [4.78, 5) is 14.9. The first-order valence-corrected chi connectivity index (χ1v) is 20.3. The van der Waals surface area contributed by atoms with Gasteiger partial charge in [-0.25, -0.2) is 15.0 Å². The van der Waals surface area contributed by atoms with Crippen molar-refractivity contribution in [1.29, 1.82) is 0 Å². The fraction of sp³-hybridized carbons (Fsp3) is 0. The van der Waals surface area contributed by atoms with Gasteiger partial charge in [0.25, 0.3) is 0 Å². The highest BCUT2D eigenvalue weighted by Crippen LogP contribution is 2.45. The SMILES string of the molecule is c1ccc(-c2ccc3sc4ccc(-c5cccc6c5sc5c(-c7cccc(-c8nc(-c9ccccc9)nc(-c9ccccc9)n8)c7)cccc56)cc4c3c2)cc1. The first-order valence-electron chi connectivity index (χ1n) is 18.7. The van der Waals surface area contributed by atoms with Crippen LogP contribution in [0.1, 0.15) is 0 Å². The summed E-state index contributed by atoms with van der Waals surface area (Å²) in [6.45, 7) is 0. The summed E-state index contributed by atoms with van der Waals surface area (Å²) in [7, 11) is 0. The van der Waals surface area contributed by atoms with Crippen molar-refractivity contribution in [3.8, 4) is 67.5 Å². The Morgan fingerprint density at radius 1 is 0.268 bits per heavy atom. The van der Waals surface area contributed by atoms with Crippen molar-refractivity contribution >= 4 is 63.0 Å². The van der Waals surface area contributed by atoms with Crippen LogP contribution in [0.25, 0.3) is 108 Å². The van der Waals surface area contributed by atoms with E-state index in [-0.39, 0.29) is 0 Å². The van der Waals surface area contributed by atoms with Crippen molar-refractivity contribution in [2.75, 3.05) is 0 Å². The first-order chi connectivity index (χ1) is 27.7. The Morgan fingerprint density at radius 3 is 1.27 bits per heavy atom. The van der Waals surface area contributed by atoms with Crippen molar-refractivity contribution < 1.29 is 0 Å². The molecule has 0 amide bonds. The van der Waals surface area contributed by atoms with E-state index >= 15 is 0 Å². The van der Waals surface area contributed by atoms with Crippen LogP contribution in [0.3, 0.4) is 0 Å². The minimum Gasteiger partial charge on any atom is -0.208 e. The normalized spacial score (nSPS) is 11.6. The Bertz CT molecular complexity index is 3180. The zero-order valence-electron chi connectivity index (χ0n) is 30.1. The van der Waals surface area contributed by atoms with Crippen LogP contribution in [-0.4, -0.2) is 15.0 Å². The van der Waals surface area contributed by atoms with E-state index in [4.69, 9.17) is 15.0 Å². The fourth-order valence-electron chi connectivity index (χ4n) is 7.79. The zero-order valence-corrected chi connectivity index (χ0v) is 31.7. The maximum absolute atomic E-state index is 5.01. The lowest BCUT2D eigenvalue weighted by Crippen LogP contribution is -2.00. The van der Waals surface area contributed by atoms with Crippen molar-refractivity contribution in [3.63, 3.8) is 0 Å². The molecule has 0 atom stereocenters. The van der Waals surface area contributed by atoms with E-state index in [2.05, 4.69) is 127 Å². The average Bonchev–Trinajstić information content (AvgIpc) is 3.85. The van der Waals surface area contributed by atoms with Crippen LogP contribution >= 0.6 is 22.7 Å². The van der Waals surface area contributed by atoms with Crippen molar-refractivity contribution in [2.24, 2.45) is 0 Å². The van der Waals surface area contributed by atoms with E-state index in [1.165, 1.54) is 68.2 Å². The maximum atomic E-state index is 5.01. The van der Waals surface area contributed by atoms with Gasteiger partial charge in [0.15, 0.2) is 17.5 Å². The highest BCUT2D eigenvalue weighted by Gasteiger charge is 2.17. The van der Waals surface area contributed by atoms with Gasteiger partial charge in [0.05, 0.1) is 0 Å². The Labute approximate surface area is 331 Å². The third-order valence-electron chi connectivity index (χ3n) is 10.5. The van der Waals surface area contributed by atoms with Crippen LogP contribution in [0.2, 0.25) is 0 Å². The monoisotopic (exact) mass is 749 g/mol. The largest absolute Gasteiger partial charge is 0.208 e. The van der Waals surface area contributed by atoms with E-state index in [0.717, 1.165) is 22.3 Å². The van der Waals surface area contributed by atoms with Crippen LogP contribution in [0.4, 0.5) is 0 Å². The van der Waals surface area contributed by atoms with Crippen LogP contribution in [0.15, 0.2) is 188 Å². The van der Waals surface area contributed by atoms with E-state index in [1.807, 2.05) is 83.3 Å². The molecule has 8 aromatic carbocycles. The summed E-state index contributed by atoms with van der Waals surface area (Å²) >= 11 is 3.74. The molecule has 0 unspecified atom stereocenters. The number of aromatic nitrogens is 3. The number of thiophene rings is 2. The molecule has 3 nitrogen and oxygen atoms in total. The van der Waals surface area contributed by atoms with Gasteiger partial charge in [0.1, 0.15) is 0 Å². The van der Waals surface area contributed by atoms with Gasteiger partial charge in [0.2, 0.25) is 0 Å². The molecule has 0 bridgehead atoms. The highest BCUT2D eigenvalue weighted by molar-refractivity contribution is 7.27. The topological polar surface area (TPSA) is 38.7 Å². The molecule has 3 aromatic heterocycles. The number of hydrogen-bond acceptors (Lipinski definition) is 5. The number of nitrogens with zero attached hydrogens (tertiary/aromatic N) is 3. The summed E-state index contributed by atoms with van der Waals surface area (Å²) in [6.07, 6.45) is 0. The second kappa shape index (κ2) is 13.5. The Balaban J connectivity index is 1.03. The predicted octanol–water partition coefficient (Wildman–Crippen LogP) is 14.6. The molecule has 0 saturated carbocycles. The van der Waals surface area contributed by atoms with E-state index in [1.54, 1.807) is 0 Å². The molecule has 0 aliphatic carbocycles. The molecule has 0 spiro atoms. The standard InChI is InChI=1S/C51H31N3S2/c1-4-13-32(14-5-1)35-25-27-45-43(30-35)44-31-37(26-28-46(44)55-45)40-22-12-24-42-41-23-11-21-39(47(41)56-48(40)42)36-19-10-20-38(29-36)51-53-49(33-15-6-2-7-16-33)52-50(54-51)34-17-8-3-9-18-34/h1-31H. The summed E-state index contributed by atoms with van der Waals surface area (Å²) in [6, 6.07) is 66.8. The van der Waals surface area contributed by atoms with Gasteiger partial charge in [-0.2, -0.15) is 0 Å². The summed E-state index contributed by atoms with van der Waals surface area (Å²) in [5, 5.41) is 5.16. The van der Waals surface area contributed by atoms with Gasteiger partial charge >= 0.3 is 0 Å². The lowest BCUT2D eigenvalue weighted by molar-refractivity contribution is 1.07. The second-order valence-corrected chi connectivity index (χ2v) is 16.1. The summed E-state index contributed by atoms with van der Waals surface area (Å²) < 4.78 is 5.19. The van der Waals surface area contributed by atoms with E-state index in [9.17, 15) is 0 Å². The van der Waals surface area contributed by atoms with Gasteiger partial charge in [-0.1, -0.05) is 158 Å². The molecule has 11 aromatic rings. The smallest absolute Gasteiger partial charge is 0.164 e. The molecule has 3 heterocycles. The molecular weight excluding hydrogens is 719 g/mol. The van der Waals surface area contributed by atoms with Crippen molar-refractivity contribution in [3.05, 3.63) is 188 Å². The number of fused-ring (bicyclic) bond motifs is 6. The van der Waals surface area contributed by atoms with Crippen LogP contribution in [-0.2, 0) is 0 Å². The second-order valence-electron chi connectivity index (χ2n) is 14.0. The minimum atomic E-state index is 0.651. The van der Waals surface area contributed by atoms with Gasteiger partial charge < -0.3 is 0 Å². The number of rotatable bonds is 6. The summed E-state index contributed by atoms with van der Waals surface area (Å²) in [5.74, 6) is 1.96. The Hall–Kier alpha value is -6.79. The molecule has 5 heteroatoms. The molecule has 0 saturated heterocycles. The van der Waals surface area contributed by atoms with E-state index in [0.29, 0.717) is 17.5 Å². The quantitative estimate of drug-likeness (QED) is 0.170. The third kappa shape index (κ3) is 5.68. The Morgan fingerprint density at radius 2 is 0.696 bits per heavy atom. The lowest BCUT2D eigenvalue weighted by atomic mass is 9.98. The van der Waals surface area contributed by atoms with Gasteiger partial charge in [-0.15, -0.1) is 22.7 Å². The van der Waals surface area contributed by atoms with Gasteiger partial charge in [-0.05, 0) is 63.7 Å². The minimum absolute atomic E-state index is 0.651. The molecule has 11 rings (SSSR count). The molecule has 56 heavy (non-hydrogen) atoms. The van der Waals surface area contributed by atoms with Gasteiger partial charge in [0, 0.05) is 57.0 Å². The molecule has 262 valence electrons. The van der Waals surface area contributed by atoms with Crippen LogP contribution in [0.5, 0.6) is 0 Å². The average molecular weight is 750 g/mol. The molecule has 0 aliphatic rings. The molecule has 0 radical (unpaired) electrons. The van der Waals surface area contributed by atoms with Crippen molar-refractivity contribution in [2.45, 2.75) is 0 Å². The zero-order chi connectivity index (χ0) is 37.0. The van der Waals surface area contributed by atoms with Crippen LogP contribution in [0, 0.1) is 0 Å². The number of hydrogen-bond donors (Lipinski definition) is 0. The molecule has 0 N–H and O–H groups in total. The van der Waals surface area contributed by atoms with E-state index < -0.39 is 0 Å². The highest BCUT2D eigenvalue weighted by atomic mass is 32.1. The lowest BCUT2D eigenvalue weighted by Gasteiger charge is -2.10. The third-order valence-corrected chi connectivity index (χ3v) is 13.0. The Kier molecular flexibility index (Phi) is 7.87. The molecule has 0 fully saturated rings. The molecular formula is C51H31N3S2. The first kappa shape index (κ1) is 32.6. The molecule has 0 aliphatic heterocycles. The van der Waals surface area contributed by atoms with Crippen LogP contribution < -0.4 is 0 Å². The maximum Gasteiger partial charge on any atom is 0.164 e. The predicted molar refractivity (Wildman–Crippen MR) is 238 cm³/mol. The number of benzene rings is 8. The summed E-state index contributed by atoms with van der Waals surface area (Å²) in [5.41, 5.74) is 10.2. The van der Waals surface area contributed by atoms with Gasteiger partial charge in [-0.3, -0.25) is 0 Å². The fourth-order valence-corrected chi connectivity index (χ4v) is 10.2. The van der Waals surface area contributed by atoms with Crippen molar-refractivity contribution in [1.82, 2.24) is 15.0 Å².